The van der Waals surface area contributed by atoms with Crippen LogP contribution in [0.3, 0.4) is 0 Å². The van der Waals surface area contributed by atoms with E-state index in [1.807, 2.05) is 0 Å². The maximum atomic E-state index is 10.4. The zero-order chi connectivity index (χ0) is 22.3. The molecule has 0 aromatic heterocycles. The molecule has 0 aromatic rings. The molecule has 9 nitrogen and oxygen atoms in total. The van der Waals surface area contributed by atoms with E-state index in [2.05, 4.69) is 0 Å². The second kappa shape index (κ2) is 18.4. The number of carbonyl (C=O) groups excluding carboxylic acids is 6. The van der Waals surface area contributed by atoms with Crippen LogP contribution in [0.25, 0.3) is 0 Å². The summed E-state index contributed by atoms with van der Waals surface area (Å²) in [6, 6.07) is 0. The van der Waals surface area contributed by atoms with Crippen molar-refractivity contribution in [1.29, 1.82) is 0 Å². The first kappa shape index (κ1) is 33.6. The van der Waals surface area contributed by atoms with E-state index in [0.717, 1.165) is 0 Å². The molecule has 0 aromatic carbocycles. The van der Waals surface area contributed by atoms with Crippen molar-refractivity contribution in [2.24, 2.45) is 17.8 Å². The molecule has 10 heteroatoms. The number of rotatable bonds is 9. The second-order valence-electron chi connectivity index (χ2n) is 5.67. The van der Waals surface area contributed by atoms with Gasteiger partial charge >= 0.3 is 0 Å². The number of hydrogen-bond acceptors (Lipinski definition) is 9. The van der Waals surface area contributed by atoms with E-state index in [0.29, 0.717) is 19.3 Å². The van der Waals surface area contributed by atoms with Crippen LogP contribution in [0.2, 0.25) is 0 Å². The minimum Gasteiger partial charge on any atom is -0.549 e. The van der Waals surface area contributed by atoms with Gasteiger partial charge in [0.05, 0.1) is 35.7 Å². The first-order valence-corrected chi connectivity index (χ1v) is 8.42. The third-order valence-corrected chi connectivity index (χ3v) is 3.55. The van der Waals surface area contributed by atoms with Gasteiger partial charge < -0.3 is 29.7 Å². The van der Waals surface area contributed by atoms with Crippen LogP contribution in [-0.4, -0.2) is 35.3 Å². The van der Waals surface area contributed by atoms with Crippen molar-refractivity contribution >= 4 is 35.3 Å². The monoisotopic (exact) mass is 438 g/mol. The average Bonchev–Trinajstić information content (AvgIpc) is 2.47. The van der Waals surface area contributed by atoms with Gasteiger partial charge in [0.2, 0.25) is 0 Å². The number of aliphatic carboxylic acids is 3. The van der Waals surface area contributed by atoms with Gasteiger partial charge in [-0.3, -0.25) is 14.4 Å². The van der Waals surface area contributed by atoms with Gasteiger partial charge in [-0.2, -0.15) is 0 Å². The summed E-state index contributed by atoms with van der Waals surface area (Å²) in [5.41, 5.74) is 0. The molecule has 28 heavy (non-hydrogen) atoms. The van der Waals surface area contributed by atoms with Crippen LogP contribution in [0.15, 0.2) is 0 Å². The van der Waals surface area contributed by atoms with Crippen molar-refractivity contribution in [2.45, 2.75) is 60.8 Å². The van der Waals surface area contributed by atoms with E-state index in [4.69, 9.17) is 0 Å². The number of carboxylic acid groups (broad SMARTS) is 3. The van der Waals surface area contributed by atoms with Crippen LogP contribution < -0.4 is 15.3 Å². The fourth-order valence-corrected chi connectivity index (χ4v) is 1.86. The number of Topliss-reactive ketones (excluding diaryl/α,β-unsaturated/α-hetero) is 3. The minimum atomic E-state index is -1.27. The smallest absolute Gasteiger partial charge is 0.138 e. The number of carbonyl (C=O) groups is 6. The van der Waals surface area contributed by atoms with E-state index in [-0.39, 0.29) is 35.9 Å². The SMILES string of the molecule is CCC(C(C)=O)C(=O)[O-].CCC(C(C)=O)C(=O)[O-].CCC(C(C)=O)C(=O)[O-].[V]. The standard InChI is InChI=1S/3C6H10O3.V/c3*1-3-5(4(2)7)6(8)9;/h3*5H,3H2,1-2H3,(H,8,9);/p-3. The third-order valence-electron chi connectivity index (χ3n) is 3.55. The molecular weight excluding hydrogens is 411 g/mol. The molecule has 0 aliphatic heterocycles. The Kier molecular flexibility index (Phi) is 22.0. The first-order chi connectivity index (χ1) is 12.3. The minimum absolute atomic E-state index is 0. The molecule has 0 heterocycles. The summed E-state index contributed by atoms with van der Waals surface area (Å²) in [6.07, 6.45) is 0.951. The fraction of sp³-hybridized carbons (Fsp3) is 0.667. The Bertz CT molecular complexity index is 425. The summed E-state index contributed by atoms with van der Waals surface area (Å²) < 4.78 is 0. The van der Waals surface area contributed by atoms with Crippen molar-refractivity contribution < 1.29 is 62.6 Å². The van der Waals surface area contributed by atoms with Gasteiger partial charge in [-0.1, -0.05) is 20.8 Å². The van der Waals surface area contributed by atoms with Crippen LogP contribution in [0.1, 0.15) is 60.8 Å². The predicted molar refractivity (Wildman–Crippen MR) is 88.4 cm³/mol. The van der Waals surface area contributed by atoms with E-state index >= 15 is 0 Å². The van der Waals surface area contributed by atoms with Crippen molar-refractivity contribution in [2.75, 3.05) is 0 Å². The van der Waals surface area contributed by atoms with Crippen molar-refractivity contribution in [3.8, 4) is 0 Å². The van der Waals surface area contributed by atoms with Crippen molar-refractivity contribution in [1.82, 2.24) is 0 Å². The van der Waals surface area contributed by atoms with E-state index in [1.54, 1.807) is 20.8 Å². The zero-order valence-corrected chi connectivity index (χ0v) is 18.4. The van der Waals surface area contributed by atoms with E-state index < -0.39 is 35.7 Å². The van der Waals surface area contributed by atoms with Crippen molar-refractivity contribution in [3.63, 3.8) is 0 Å². The third kappa shape index (κ3) is 16.2. The Hall–Kier alpha value is -2.00. The molecule has 0 saturated carbocycles. The summed E-state index contributed by atoms with van der Waals surface area (Å²) in [5, 5.41) is 30.1. The molecule has 0 fully saturated rings. The summed E-state index contributed by atoms with van der Waals surface area (Å²) >= 11 is 0. The number of carboxylic acids is 3. The largest absolute Gasteiger partial charge is 0.549 e. The van der Waals surface area contributed by atoms with Gasteiger partial charge in [0.15, 0.2) is 0 Å². The molecule has 0 aliphatic carbocycles. The molecule has 1 radical (unpaired) electrons. The molecule has 0 amide bonds. The van der Waals surface area contributed by atoms with E-state index in [1.165, 1.54) is 20.8 Å². The predicted octanol–water partition coefficient (Wildman–Crippen LogP) is -1.95. The molecule has 0 spiro atoms. The summed E-state index contributed by atoms with van der Waals surface area (Å²) in [4.78, 5) is 61.3. The van der Waals surface area contributed by atoms with Crippen LogP contribution >= 0.6 is 0 Å². The molecule has 3 unspecified atom stereocenters. The van der Waals surface area contributed by atoms with Gasteiger partial charge in [-0.25, -0.2) is 0 Å². The molecular formula is C18H27O9V-3. The fourth-order valence-electron chi connectivity index (χ4n) is 1.86. The van der Waals surface area contributed by atoms with Crippen LogP contribution in [-0.2, 0) is 47.3 Å². The van der Waals surface area contributed by atoms with Gasteiger partial charge in [-0.15, -0.1) is 0 Å². The maximum Gasteiger partial charge on any atom is 0.138 e. The van der Waals surface area contributed by atoms with Gasteiger partial charge in [0.25, 0.3) is 0 Å². The van der Waals surface area contributed by atoms with Gasteiger partial charge in [0, 0.05) is 18.6 Å². The summed E-state index contributed by atoms with van der Waals surface area (Å²) in [7, 11) is 0. The molecule has 3 atom stereocenters. The van der Waals surface area contributed by atoms with Crippen LogP contribution in [0, 0.1) is 17.8 Å². The van der Waals surface area contributed by atoms with E-state index in [9.17, 15) is 44.1 Å². The maximum absolute atomic E-state index is 10.4. The second-order valence-corrected chi connectivity index (χ2v) is 5.67. The van der Waals surface area contributed by atoms with Crippen molar-refractivity contribution in [3.05, 3.63) is 0 Å². The Morgan fingerprint density at radius 1 is 0.536 bits per heavy atom. The molecule has 0 saturated heterocycles. The number of ketones is 3. The topological polar surface area (TPSA) is 172 Å². The Morgan fingerprint density at radius 3 is 0.679 bits per heavy atom. The number of hydrogen-bond donors (Lipinski definition) is 0. The molecule has 161 valence electrons. The van der Waals surface area contributed by atoms with Crippen LogP contribution in [0.4, 0.5) is 0 Å². The molecule has 0 aliphatic rings. The first-order valence-electron chi connectivity index (χ1n) is 8.42. The van der Waals surface area contributed by atoms with Gasteiger partial charge in [0.1, 0.15) is 17.3 Å². The normalized spacial score (nSPS) is 12.2. The Labute approximate surface area is 176 Å². The molecule has 0 bridgehead atoms. The quantitative estimate of drug-likeness (QED) is 0.371. The summed E-state index contributed by atoms with van der Waals surface area (Å²) in [5.74, 6) is -7.56. The molecule has 0 rings (SSSR count). The Balaban J connectivity index is -0.000000152. The zero-order valence-electron chi connectivity index (χ0n) is 17.0. The van der Waals surface area contributed by atoms with Crippen LogP contribution in [0.5, 0.6) is 0 Å². The average molecular weight is 438 g/mol. The Morgan fingerprint density at radius 2 is 0.679 bits per heavy atom. The molecule has 0 N–H and O–H groups in total. The van der Waals surface area contributed by atoms with Gasteiger partial charge in [-0.05, 0) is 40.0 Å². The summed E-state index contributed by atoms with van der Waals surface area (Å²) in [6.45, 7) is 8.68.